The number of aryl methyl sites for hydroxylation is 1. The van der Waals surface area contributed by atoms with E-state index in [1.165, 1.54) is 21.6 Å². The number of fused-ring (bicyclic) bond motifs is 1. The first-order chi connectivity index (χ1) is 8.77. The fourth-order valence-electron chi connectivity index (χ4n) is 2.42. The van der Waals surface area contributed by atoms with Crippen molar-refractivity contribution in [2.45, 2.75) is 6.92 Å². The molecule has 88 valence electrons. The second-order valence-corrected chi connectivity index (χ2v) is 4.53. The van der Waals surface area contributed by atoms with Crippen LogP contribution in [0.5, 0.6) is 0 Å². The van der Waals surface area contributed by atoms with Crippen LogP contribution in [0.25, 0.3) is 6.08 Å². The highest BCUT2D eigenvalue weighted by Crippen LogP contribution is 2.07. The Bertz CT molecular complexity index is 829. The van der Waals surface area contributed by atoms with Crippen molar-refractivity contribution in [2.24, 2.45) is 0 Å². The molecule has 0 saturated carbocycles. The summed E-state index contributed by atoms with van der Waals surface area (Å²) in [4.78, 5) is 0. The van der Waals surface area contributed by atoms with Gasteiger partial charge in [-0.3, -0.25) is 0 Å². The molecule has 3 rings (SSSR count). The highest BCUT2D eigenvalue weighted by Gasteiger charge is 1.99. The number of hydrogen-bond acceptors (Lipinski definition) is 0. The fourth-order valence-corrected chi connectivity index (χ4v) is 2.42. The van der Waals surface area contributed by atoms with Gasteiger partial charge in [-0.25, -0.2) is 0 Å². The minimum atomic E-state index is 1.15. The van der Waals surface area contributed by atoms with Gasteiger partial charge in [-0.05, 0) is 13.0 Å². The molecular weight excluding hydrogens is 218 g/mol. The largest absolute Gasteiger partial charge is 0.208 e. The van der Waals surface area contributed by atoms with Crippen LogP contribution in [0, 0.1) is 30.6 Å². The summed E-state index contributed by atoms with van der Waals surface area (Å²) in [6, 6.07) is 10.5. The van der Waals surface area contributed by atoms with Crippen LogP contribution in [-0.4, -0.2) is 0 Å². The molecule has 1 nitrogen and oxygen atoms in total. The van der Waals surface area contributed by atoms with Crippen LogP contribution in [0.4, 0.5) is 0 Å². The molecule has 0 unspecified atom stereocenters. The van der Waals surface area contributed by atoms with Crippen LogP contribution in [-0.2, 0) is 0 Å². The van der Waals surface area contributed by atoms with Crippen LogP contribution in [0.15, 0.2) is 48.7 Å². The highest BCUT2D eigenvalue weighted by molar-refractivity contribution is 5.50. The lowest BCUT2D eigenvalue weighted by molar-refractivity contribution is -0.510. The predicted octanol–water partition coefficient (Wildman–Crippen LogP) is 2.11. The van der Waals surface area contributed by atoms with Crippen LogP contribution in [0.3, 0.4) is 0 Å². The Morgan fingerprint density at radius 3 is 2.89 bits per heavy atom. The van der Waals surface area contributed by atoms with Crippen LogP contribution >= 0.6 is 0 Å². The van der Waals surface area contributed by atoms with Gasteiger partial charge in [0.05, 0.1) is 0 Å². The van der Waals surface area contributed by atoms with E-state index < -0.39 is 0 Å². The minimum absolute atomic E-state index is 1.15. The standard InChI is InChI=1S/C17H15N/c1-13-10-11-14-7-3-4-8-15(14)17(13)16-9-5-6-12-18(16)2/h3-12H,2H2,1H3/b17-16+. The predicted molar refractivity (Wildman–Crippen MR) is 72.9 cm³/mol. The number of benzene rings is 1. The van der Waals surface area contributed by atoms with E-state index in [0.717, 1.165) is 5.35 Å². The van der Waals surface area contributed by atoms with Crippen molar-refractivity contribution in [1.82, 2.24) is 0 Å². The molecule has 2 aromatic rings. The lowest BCUT2D eigenvalue weighted by Gasteiger charge is -2.12. The average Bonchev–Trinajstić information content (AvgIpc) is 2.40. The Hall–Kier alpha value is -2.28. The molecule has 1 aromatic heterocycles. The number of hydrogen-bond donors (Lipinski definition) is 0. The minimum Gasteiger partial charge on any atom is -0.174 e. The zero-order valence-corrected chi connectivity index (χ0v) is 10.4. The normalized spacial score (nSPS) is 14.5. The van der Waals surface area contributed by atoms with E-state index in [-0.39, 0.29) is 0 Å². The topological polar surface area (TPSA) is 5.90 Å². The molecule has 0 radical (unpaired) electrons. The first-order valence-electron chi connectivity index (χ1n) is 6.07. The highest BCUT2D eigenvalue weighted by atomic mass is 14.8. The van der Waals surface area contributed by atoms with Crippen LogP contribution in [0.1, 0.15) is 11.1 Å². The van der Waals surface area contributed by atoms with Gasteiger partial charge in [0.2, 0.25) is 5.35 Å². The van der Waals surface area contributed by atoms with E-state index in [1.54, 1.807) is 0 Å². The molecule has 0 bridgehead atoms. The van der Waals surface area contributed by atoms with Crippen molar-refractivity contribution in [2.75, 3.05) is 0 Å². The molecule has 1 aromatic carbocycles. The Kier molecular flexibility index (Phi) is 2.52. The van der Waals surface area contributed by atoms with Crippen molar-refractivity contribution in [3.63, 3.8) is 0 Å². The van der Waals surface area contributed by atoms with Crippen LogP contribution < -0.4 is 9.46 Å². The Labute approximate surface area is 106 Å². The zero-order chi connectivity index (χ0) is 12.5. The molecule has 1 heterocycles. The van der Waals surface area contributed by atoms with E-state index in [4.69, 9.17) is 0 Å². The van der Waals surface area contributed by atoms with Crippen molar-refractivity contribution in [1.29, 1.82) is 0 Å². The molecule has 18 heavy (non-hydrogen) atoms. The monoisotopic (exact) mass is 233 g/mol. The van der Waals surface area contributed by atoms with Crippen LogP contribution in [0.2, 0.25) is 0 Å². The quantitative estimate of drug-likeness (QED) is 0.485. The SMILES string of the molecule is C=[n+]1cccc/c1=c1/c(C)ccc2c1=CC=C[CH-]2. The smallest absolute Gasteiger partial charge is 0.174 e. The number of aromatic nitrogens is 1. The van der Waals surface area contributed by atoms with Gasteiger partial charge >= 0.3 is 0 Å². The number of allylic oxidation sites excluding steroid dienone is 2. The lowest BCUT2D eigenvalue weighted by atomic mass is 9.99. The second-order valence-electron chi connectivity index (χ2n) is 4.53. The van der Waals surface area contributed by atoms with Gasteiger partial charge in [-0.2, -0.15) is 4.24 Å². The fraction of sp³-hybridized carbons (Fsp3) is 0.0588. The van der Waals surface area contributed by atoms with Crippen molar-refractivity contribution >= 4 is 6.08 Å². The molecule has 1 aliphatic rings. The third-order valence-electron chi connectivity index (χ3n) is 3.33. The first kappa shape index (κ1) is 10.8. The van der Waals surface area contributed by atoms with Crippen molar-refractivity contribution in [3.05, 3.63) is 88.7 Å². The molecular formula is C17H15N. The molecule has 0 fully saturated rings. The molecule has 0 saturated heterocycles. The molecule has 1 heteroatoms. The van der Waals surface area contributed by atoms with Gasteiger partial charge in [-0.1, -0.05) is 10.8 Å². The summed E-state index contributed by atoms with van der Waals surface area (Å²) in [5.74, 6) is 0. The number of nitrogens with zero attached hydrogens (tertiary/aromatic N) is 1. The van der Waals surface area contributed by atoms with E-state index in [1.807, 2.05) is 16.5 Å². The van der Waals surface area contributed by atoms with Gasteiger partial charge in [0, 0.05) is 17.4 Å². The zero-order valence-electron chi connectivity index (χ0n) is 10.4. The van der Waals surface area contributed by atoms with Gasteiger partial charge in [0.15, 0.2) is 6.20 Å². The van der Waals surface area contributed by atoms with Crippen molar-refractivity contribution in [3.8, 4) is 0 Å². The van der Waals surface area contributed by atoms with Gasteiger partial charge in [0.25, 0.3) is 0 Å². The maximum Gasteiger partial charge on any atom is 0.208 e. The number of pyridine rings is 1. The summed E-state index contributed by atoms with van der Waals surface area (Å²) in [5.41, 5.74) is 2.54. The number of rotatable bonds is 0. The van der Waals surface area contributed by atoms with Gasteiger partial charge < -0.3 is 0 Å². The molecule has 1 aliphatic carbocycles. The third-order valence-corrected chi connectivity index (χ3v) is 3.33. The maximum atomic E-state index is 4.06. The summed E-state index contributed by atoms with van der Waals surface area (Å²) >= 11 is 0. The third kappa shape index (κ3) is 1.65. The molecule has 0 N–H and O–H groups in total. The first-order valence-corrected chi connectivity index (χ1v) is 6.07. The average molecular weight is 233 g/mol. The van der Waals surface area contributed by atoms with Gasteiger partial charge in [-0.15, -0.1) is 42.3 Å². The van der Waals surface area contributed by atoms with Gasteiger partial charge in [0.1, 0.15) is 6.72 Å². The van der Waals surface area contributed by atoms with Crippen molar-refractivity contribution < 1.29 is 4.24 Å². The lowest BCUT2D eigenvalue weighted by Crippen LogP contribution is -2.20. The molecule has 0 aliphatic heterocycles. The molecule has 0 amide bonds. The summed E-state index contributed by atoms with van der Waals surface area (Å²) in [7, 11) is 0. The summed E-state index contributed by atoms with van der Waals surface area (Å²) in [5, 5.41) is 3.69. The van der Waals surface area contributed by atoms with E-state index >= 15 is 0 Å². The second kappa shape index (κ2) is 4.19. The Morgan fingerprint density at radius 1 is 1.17 bits per heavy atom. The summed E-state index contributed by atoms with van der Waals surface area (Å²) in [6.07, 6.45) is 10.5. The molecule has 0 atom stereocenters. The molecule has 0 spiro atoms. The van der Waals surface area contributed by atoms with E-state index in [2.05, 4.69) is 62.6 Å². The van der Waals surface area contributed by atoms with E-state index in [9.17, 15) is 0 Å². The summed E-state index contributed by atoms with van der Waals surface area (Å²) in [6.45, 7) is 6.21. The van der Waals surface area contributed by atoms with E-state index in [0.29, 0.717) is 0 Å². The maximum absolute atomic E-state index is 4.06. The summed E-state index contributed by atoms with van der Waals surface area (Å²) < 4.78 is 1.93. The Balaban J connectivity index is 2.70. The Morgan fingerprint density at radius 2 is 2.06 bits per heavy atom.